The summed E-state index contributed by atoms with van der Waals surface area (Å²) in [5.41, 5.74) is 0. The topological polar surface area (TPSA) is 35.0 Å². The summed E-state index contributed by atoms with van der Waals surface area (Å²) >= 11 is 9.12. The number of aromatic nitrogens is 2. The van der Waals surface area contributed by atoms with Crippen molar-refractivity contribution in [1.82, 2.24) is 9.97 Å². The molecule has 0 bridgehead atoms. The van der Waals surface area contributed by atoms with Gasteiger partial charge < -0.3 is 4.74 Å². The lowest BCUT2D eigenvalue weighted by atomic mass is 9.88. The average molecular weight is 306 g/mol. The van der Waals surface area contributed by atoms with Crippen LogP contribution in [-0.4, -0.2) is 16.1 Å². The summed E-state index contributed by atoms with van der Waals surface area (Å²) in [5.74, 6) is 1.13. The molecule has 2 atom stereocenters. The van der Waals surface area contributed by atoms with Gasteiger partial charge in [-0.3, -0.25) is 0 Å². The zero-order valence-corrected chi connectivity index (χ0v) is 11.5. The molecule has 3 nitrogen and oxygen atoms in total. The molecule has 0 amide bonds. The molecule has 16 heavy (non-hydrogen) atoms. The first kappa shape index (κ1) is 12.1. The molecule has 0 saturated heterocycles. The Hall–Kier alpha value is -0.350. The molecule has 1 aliphatic rings. The van der Waals surface area contributed by atoms with Crippen LogP contribution < -0.4 is 4.74 Å². The number of ether oxygens (including phenoxy) is 1. The van der Waals surface area contributed by atoms with E-state index in [0.29, 0.717) is 11.8 Å². The van der Waals surface area contributed by atoms with Crippen molar-refractivity contribution in [3.8, 4) is 5.88 Å². The van der Waals surface area contributed by atoms with Crippen LogP contribution >= 0.6 is 27.5 Å². The SMILES string of the molecule is CC1CCCCC1Oc1nc(Cl)ncc1Br. The van der Waals surface area contributed by atoms with Crippen LogP contribution in [0.25, 0.3) is 0 Å². The van der Waals surface area contributed by atoms with E-state index in [0.717, 1.165) is 10.9 Å². The number of hydrogen-bond donors (Lipinski definition) is 0. The van der Waals surface area contributed by atoms with Crippen LogP contribution in [0.3, 0.4) is 0 Å². The van der Waals surface area contributed by atoms with Crippen molar-refractivity contribution in [2.45, 2.75) is 38.7 Å². The van der Waals surface area contributed by atoms with Gasteiger partial charge in [-0.05, 0) is 52.7 Å². The van der Waals surface area contributed by atoms with Gasteiger partial charge in [0.05, 0.1) is 4.47 Å². The van der Waals surface area contributed by atoms with Crippen molar-refractivity contribution in [3.63, 3.8) is 0 Å². The first-order valence-electron chi connectivity index (χ1n) is 5.51. The molecule has 5 heteroatoms. The Morgan fingerprint density at radius 2 is 2.19 bits per heavy atom. The van der Waals surface area contributed by atoms with Crippen molar-refractivity contribution in [1.29, 1.82) is 0 Å². The molecule has 1 aromatic heterocycles. The molecule has 1 aliphatic carbocycles. The van der Waals surface area contributed by atoms with E-state index in [1.807, 2.05) is 0 Å². The highest BCUT2D eigenvalue weighted by Crippen LogP contribution is 2.30. The second-order valence-corrected chi connectivity index (χ2v) is 5.40. The summed E-state index contributed by atoms with van der Waals surface area (Å²) < 4.78 is 6.66. The van der Waals surface area contributed by atoms with Crippen LogP contribution in [0.15, 0.2) is 10.7 Å². The van der Waals surface area contributed by atoms with Gasteiger partial charge in [0.1, 0.15) is 6.10 Å². The molecule has 0 N–H and O–H groups in total. The second kappa shape index (κ2) is 5.32. The molecule has 0 spiro atoms. The highest BCUT2D eigenvalue weighted by Gasteiger charge is 2.24. The van der Waals surface area contributed by atoms with Gasteiger partial charge in [-0.2, -0.15) is 4.98 Å². The molecule has 1 heterocycles. The van der Waals surface area contributed by atoms with Gasteiger partial charge in [-0.15, -0.1) is 0 Å². The van der Waals surface area contributed by atoms with Gasteiger partial charge in [0.15, 0.2) is 0 Å². The third-order valence-electron chi connectivity index (χ3n) is 2.98. The summed E-state index contributed by atoms with van der Waals surface area (Å²) in [6.07, 6.45) is 6.71. The third-order valence-corrected chi connectivity index (χ3v) is 3.70. The third kappa shape index (κ3) is 2.86. The molecule has 2 unspecified atom stereocenters. The van der Waals surface area contributed by atoms with Gasteiger partial charge >= 0.3 is 0 Å². The first-order valence-corrected chi connectivity index (χ1v) is 6.68. The van der Waals surface area contributed by atoms with E-state index < -0.39 is 0 Å². The molecule has 0 aliphatic heterocycles. The summed E-state index contributed by atoms with van der Waals surface area (Å²) in [7, 11) is 0. The van der Waals surface area contributed by atoms with Crippen LogP contribution in [-0.2, 0) is 0 Å². The average Bonchev–Trinajstić information content (AvgIpc) is 2.27. The van der Waals surface area contributed by atoms with E-state index in [-0.39, 0.29) is 11.4 Å². The fraction of sp³-hybridized carbons (Fsp3) is 0.636. The monoisotopic (exact) mass is 304 g/mol. The zero-order valence-electron chi connectivity index (χ0n) is 9.12. The molecule has 0 radical (unpaired) electrons. The second-order valence-electron chi connectivity index (χ2n) is 4.21. The Bertz CT molecular complexity index is 375. The van der Waals surface area contributed by atoms with Gasteiger partial charge in [-0.1, -0.05) is 13.3 Å². The normalized spacial score (nSPS) is 25.4. The number of hydrogen-bond acceptors (Lipinski definition) is 3. The zero-order chi connectivity index (χ0) is 11.5. The maximum absolute atomic E-state index is 5.90. The van der Waals surface area contributed by atoms with E-state index in [2.05, 4.69) is 32.8 Å². The minimum absolute atomic E-state index is 0.224. The Labute approximate surface area is 109 Å². The molecule has 1 fully saturated rings. The number of nitrogens with zero attached hydrogens (tertiary/aromatic N) is 2. The van der Waals surface area contributed by atoms with Gasteiger partial charge in [0, 0.05) is 6.20 Å². The van der Waals surface area contributed by atoms with E-state index in [9.17, 15) is 0 Å². The fourth-order valence-electron chi connectivity index (χ4n) is 2.01. The van der Waals surface area contributed by atoms with Gasteiger partial charge in [0.25, 0.3) is 0 Å². The lowest BCUT2D eigenvalue weighted by molar-refractivity contribution is 0.0965. The molecular formula is C11H14BrClN2O. The summed E-state index contributed by atoms with van der Waals surface area (Å²) in [5, 5.41) is 0.224. The molecule has 88 valence electrons. The highest BCUT2D eigenvalue weighted by molar-refractivity contribution is 9.10. The van der Waals surface area contributed by atoms with Crippen LogP contribution in [0.2, 0.25) is 5.28 Å². The lowest BCUT2D eigenvalue weighted by Crippen LogP contribution is -2.28. The Morgan fingerprint density at radius 1 is 1.44 bits per heavy atom. The lowest BCUT2D eigenvalue weighted by Gasteiger charge is -2.29. The largest absolute Gasteiger partial charge is 0.473 e. The van der Waals surface area contributed by atoms with Crippen LogP contribution in [0.1, 0.15) is 32.6 Å². The van der Waals surface area contributed by atoms with Crippen molar-refractivity contribution in [2.24, 2.45) is 5.92 Å². The maximum atomic E-state index is 5.90. The Kier molecular flexibility index (Phi) is 4.03. The van der Waals surface area contributed by atoms with E-state index >= 15 is 0 Å². The molecule has 0 aromatic carbocycles. The van der Waals surface area contributed by atoms with Gasteiger partial charge in [0.2, 0.25) is 11.2 Å². The van der Waals surface area contributed by atoms with E-state index in [1.54, 1.807) is 6.20 Å². The smallest absolute Gasteiger partial charge is 0.232 e. The predicted octanol–water partition coefficient (Wildman–Crippen LogP) is 3.85. The van der Waals surface area contributed by atoms with Crippen LogP contribution in [0, 0.1) is 5.92 Å². The van der Waals surface area contributed by atoms with Crippen molar-refractivity contribution in [2.75, 3.05) is 0 Å². The fourth-order valence-corrected chi connectivity index (χ4v) is 2.42. The minimum Gasteiger partial charge on any atom is -0.473 e. The first-order chi connectivity index (χ1) is 7.66. The van der Waals surface area contributed by atoms with Crippen LogP contribution in [0.5, 0.6) is 5.88 Å². The summed E-state index contributed by atoms with van der Waals surface area (Å²) in [4.78, 5) is 7.97. The van der Waals surface area contributed by atoms with Crippen LogP contribution in [0.4, 0.5) is 0 Å². The molecule has 1 aromatic rings. The molecular weight excluding hydrogens is 291 g/mol. The Balaban J connectivity index is 2.10. The van der Waals surface area contributed by atoms with E-state index in [1.165, 1.54) is 19.3 Å². The number of rotatable bonds is 2. The van der Waals surface area contributed by atoms with Gasteiger partial charge in [-0.25, -0.2) is 4.98 Å². The summed E-state index contributed by atoms with van der Waals surface area (Å²) in [6.45, 7) is 2.22. The van der Waals surface area contributed by atoms with Crippen molar-refractivity contribution < 1.29 is 4.74 Å². The van der Waals surface area contributed by atoms with Crippen molar-refractivity contribution >= 4 is 27.5 Å². The Morgan fingerprint density at radius 3 is 2.94 bits per heavy atom. The quantitative estimate of drug-likeness (QED) is 0.778. The maximum Gasteiger partial charge on any atom is 0.232 e. The predicted molar refractivity (Wildman–Crippen MR) is 66.8 cm³/mol. The highest BCUT2D eigenvalue weighted by atomic mass is 79.9. The molecule has 1 saturated carbocycles. The van der Waals surface area contributed by atoms with Crippen molar-refractivity contribution in [3.05, 3.63) is 16.0 Å². The van der Waals surface area contributed by atoms with E-state index in [4.69, 9.17) is 16.3 Å². The standard InChI is InChI=1S/C11H14BrClN2O/c1-7-4-2-3-5-9(7)16-10-8(12)6-14-11(13)15-10/h6-7,9H,2-5H2,1H3. The molecule has 2 rings (SSSR count). The summed E-state index contributed by atoms with van der Waals surface area (Å²) in [6, 6.07) is 0. The minimum atomic E-state index is 0.224. The number of halogens is 2.